The molecule has 0 saturated heterocycles. The zero-order chi connectivity index (χ0) is 12.5. The minimum Gasteiger partial charge on any atom is -0.407 e. The molecule has 2 fully saturated rings. The number of rotatable bonds is 5. The van der Waals surface area contributed by atoms with Crippen LogP contribution in [0, 0.1) is 17.8 Å². The summed E-state index contributed by atoms with van der Waals surface area (Å²) in [4.78, 5) is 2.12. The Morgan fingerprint density at radius 3 is 2.89 bits per heavy atom. The Hall–Kier alpha value is -1.10. The van der Waals surface area contributed by atoms with Gasteiger partial charge >= 0.3 is 6.01 Å². The van der Waals surface area contributed by atoms with E-state index in [0.717, 1.165) is 24.3 Å². The topological polar surface area (TPSA) is 54.2 Å². The van der Waals surface area contributed by atoms with Crippen molar-refractivity contribution in [1.82, 2.24) is 15.5 Å². The van der Waals surface area contributed by atoms with E-state index in [9.17, 15) is 0 Å². The molecule has 2 aliphatic carbocycles. The van der Waals surface area contributed by atoms with Gasteiger partial charge in [-0.25, -0.2) is 0 Å². The highest BCUT2D eigenvalue weighted by Gasteiger charge is 2.40. The maximum absolute atomic E-state index is 5.62. The van der Waals surface area contributed by atoms with Crippen LogP contribution >= 0.6 is 0 Å². The van der Waals surface area contributed by atoms with E-state index in [-0.39, 0.29) is 0 Å². The van der Waals surface area contributed by atoms with Gasteiger partial charge in [-0.2, -0.15) is 0 Å². The van der Waals surface area contributed by atoms with Gasteiger partial charge in [0.2, 0.25) is 5.89 Å². The first-order valence-corrected chi connectivity index (χ1v) is 6.94. The molecule has 2 saturated carbocycles. The number of anilines is 1. The van der Waals surface area contributed by atoms with E-state index < -0.39 is 0 Å². The molecule has 2 bridgehead atoms. The normalized spacial score (nSPS) is 30.0. The highest BCUT2D eigenvalue weighted by Crippen LogP contribution is 2.48. The summed E-state index contributed by atoms with van der Waals surface area (Å²) in [7, 11) is 3.94. The molecule has 100 valence electrons. The van der Waals surface area contributed by atoms with Gasteiger partial charge in [0.1, 0.15) is 0 Å². The molecule has 3 atom stereocenters. The first kappa shape index (κ1) is 12.0. The zero-order valence-electron chi connectivity index (χ0n) is 11.2. The monoisotopic (exact) mass is 250 g/mol. The SMILES string of the molecule is CNCc1nnc(N(C)CC2CC3CCC2C3)o1. The molecule has 0 aromatic carbocycles. The van der Waals surface area contributed by atoms with Gasteiger partial charge in [-0.3, -0.25) is 0 Å². The summed E-state index contributed by atoms with van der Waals surface area (Å²) in [6.07, 6.45) is 5.73. The Balaban J connectivity index is 1.58. The first-order chi connectivity index (χ1) is 8.76. The van der Waals surface area contributed by atoms with Crippen LogP contribution in [0.3, 0.4) is 0 Å². The van der Waals surface area contributed by atoms with Crippen molar-refractivity contribution in [2.24, 2.45) is 17.8 Å². The quantitative estimate of drug-likeness (QED) is 0.861. The standard InChI is InChI=1S/C13H22N4O/c1-14-7-12-15-16-13(18-12)17(2)8-11-6-9-3-4-10(11)5-9/h9-11,14H,3-8H2,1-2H3. The molecular formula is C13H22N4O. The maximum atomic E-state index is 5.62. The van der Waals surface area contributed by atoms with E-state index in [1.54, 1.807) is 0 Å². The Morgan fingerprint density at radius 2 is 2.22 bits per heavy atom. The van der Waals surface area contributed by atoms with Crippen molar-refractivity contribution >= 4 is 6.01 Å². The van der Waals surface area contributed by atoms with Crippen molar-refractivity contribution in [3.05, 3.63) is 5.89 Å². The Labute approximate surface area is 108 Å². The molecule has 1 N–H and O–H groups in total. The lowest BCUT2D eigenvalue weighted by Gasteiger charge is -2.25. The Morgan fingerprint density at radius 1 is 1.33 bits per heavy atom. The van der Waals surface area contributed by atoms with Crippen molar-refractivity contribution in [2.45, 2.75) is 32.2 Å². The Kier molecular flexibility index (Phi) is 3.24. The summed E-state index contributed by atoms with van der Waals surface area (Å²) in [5, 5.41) is 11.2. The molecule has 0 spiro atoms. The number of hydrogen-bond donors (Lipinski definition) is 1. The molecule has 1 aromatic rings. The average molecular weight is 250 g/mol. The van der Waals surface area contributed by atoms with Crippen molar-refractivity contribution in [3.8, 4) is 0 Å². The summed E-state index contributed by atoms with van der Waals surface area (Å²) >= 11 is 0. The average Bonchev–Trinajstić information content (AvgIpc) is 3.04. The van der Waals surface area contributed by atoms with Crippen LogP contribution in [0.5, 0.6) is 0 Å². The smallest absolute Gasteiger partial charge is 0.317 e. The zero-order valence-corrected chi connectivity index (χ0v) is 11.2. The second kappa shape index (κ2) is 4.88. The van der Waals surface area contributed by atoms with Crippen LogP contribution in [0.25, 0.3) is 0 Å². The van der Waals surface area contributed by atoms with Crippen LogP contribution in [0.2, 0.25) is 0 Å². The van der Waals surface area contributed by atoms with Gasteiger partial charge in [0.15, 0.2) is 0 Å². The summed E-state index contributed by atoms with van der Waals surface area (Å²) in [6, 6.07) is 0.656. The molecule has 5 nitrogen and oxygen atoms in total. The van der Waals surface area contributed by atoms with Crippen LogP contribution < -0.4 is 10.2 Å². The number of nitrogens with zero attached hydrogens (tertiary/aromatic N) is 3. The van der Waals surface area contributed by atoms with E-state index in [1.807, 2.05) is 7.05 Å². The summed E-state index contributed by atoms with van der Waals surface area (Å²) in [6.45, 7) is 1.69. The molecule has 18 heavy (non-hydrogen) atoms. The second-order valence-electron chi connectivity index (χ2n) is 5.82. The summed E-state index contributed by atoms with van der Waals surface area (Å²) < 4.78 is 5.62. The summed E-state index contributed by atoms with van der Waals surface area (Å²) in [5.41, 5.74) is 0. The van der Waals surface area contributed by atoms with Gasteiger partial charge < -0.3 is 14.6 Å². The van der Waals surface area contributed by atoms with E-state index in [2.05, 4.69) is 27.5 Å². The van der Waals surface area contributed by atoms with Crippen molar-refractivity contribution < 1.29 is 4.42 Å². The predicted octanol–water partition coefficient (Wildman–Crippen LogP) is 1.66. The number of hydrogen-bond acceptors (Lipinski definition) is 5. The first-order valence-electron chi connectivity index (χ1n) is 6.94. The van der Waals surface area contributed by atoms with Crippen molar-refractivity contribution in [2.75, 3.05) is 25.5 Å². The van der Waals surface area contributed by atoms with Crippen molar-refractivity contribution in [3.63, 3.8) is 0 Å². The largest absolute Gasteiger partial charge is 0.407 e. The number of fused-ring (bicyclic) bond motifs is 2. The molecule has 5 heteroatoms. The van der Waals surface area contributed by atoms with Crippen LogP contribution in [0.4, 0.5) is 6.01 Å². The molecule has 3 unspecified atom stereocenters. The highest BCUT2D eigenvalue weighted by molar-refractivity contribution is 5.22. The minimum atomic E-state index is 0.634. The van der Waals surface area contributed by atoms with E-state index in [1.165, 1.54) is 25.7 Å². The number of nitrogens with one attached hydrogen (secondary N) is 1. The summed E-state index contributed by atoms with van der Waals surface area (Å²) in [5.74, 6) is 3.42. The van der Waals surface area contributed by atoms with Crippen LogP contribution in [-0.4, -0.2) is 30.8 Å². The van der Waals surface area contributed by atoms with E-state index in [0.29, 0.717) is 18.5 Å². The highest BCUT2D eigenvalue weighted by atomic mass is 16.4. The second-order valence-corrected chi connectivity index (χ2v) is 5.82. The maximum Gasteiger partial charge on any atom is 0.317 e. The third kappa shape index (κ3) is 2.23. The van der Waals surface area contributed by atoms with Crippen LogP contribution in [0.1, 0.15) is 31.6 Å². The molecule has 0 aliphatic heterocycles. The van der Waals surface area contributed by atoms with Gasteiger partial charge in [-0.1, -0.05) is 11.5 Å². The number of aromatic nitrogens is 2. The predicted molar refractivity (Wildman–Crippen MR) is 69.3 cm³/mol. The molecule has 3 rings (SSSR count). The molecule has 1 aromatic heterocycles. The fourth-order valence-corrected chi connectivity index (χ4v) is 3.65. The van der Waals surface area contributed by atoms with Gasteiger partial charge in [0.05, 0.1) is 6.54 Å². The van der Waals surface area contributed by atoms with Crippen molar-refractivity contribution in [1.29, 1.82) is 0 Å². The molecule has 1 heterocycles. The minimum absolute atomic E-state index is 0.634. The lowest BCUT2D eigenvalue weighted by molar-refractivity contribution is 0.331. The third-order valence-electron chi connectivity index (χ3n) is 4.50. The molecule has 2 aliphatic rings. The van der Waals surface area contributed by atoms with Crippen LogP contribution in [0.15, 0.2) is 4.42 Å². The lowest BCUT2D eigenvalue weighted by Crippen LogP contribution is -2.28. The third-order valence-corrected chi connectivity index (χ3v) is 4.50. The van der Waals surface area contributed by atoms with E-state index in [4.69, 9.17) is 4.42 Å². The fourth-order valence-electron chi connectivity index (χ4n) is 3.65. The van der Waals surface area contributed by atoms with Gasteiger partial charge in [0.25, 0.3) is 0 Å². The van der Waals surface area contributed by atoms with Gasteiger partial charge in [-0.15, -0.1) is 5.10 Å². The van der Waals surface area contributed by atoms with Gasteiger partial charge in [0, 0.05) is 13.6 Å². The molecule has 0 amide bonds. The van der Waals surface area contributed by atoms with Gasteiger partial charge in [-0.05, 0) is 44.1 Å². The van der Waals surface area contributed by atoms with E-state index >= 15 is 0 Å². The lowest BCUT2D eigenvalue weighted by atomic mass is 9.88. The fraction of sp³-hybridized carbons (Fsp3) is 0.846. The molecule has 0 radical (unpaired) electrons. The Bertz CT molecular complexity index is 405. The van der Waals surface area contributed by atoms with Crippen LogP contribution in [-0.2, 0) is 6.54 Å². The molecular weight excluding hydrogens is 228 g/mol.